The molecule has 38 heavy (non-hydrogen) atoms. The fourth-order valence-corrected chi connectivity index (χ4v) is 7.60. The summed E-state index contributed by atoms with van der Waals surface area (Å²) >= 11 is 0. The summed E-state index contributed by atoms with van der Waals surface area (Å²) in [7, 11) is 0. The second-order valence-corrected chi connectivity index (χ2v) is 12.7. The highest BCUT2D eigenvalue weighted by Gasteiger charge is 2.22. The van der Waals surface area contributed by atoms with Gasteiger partial charge in [0.05, 0.1) is 0 Å². The summed E-state index contributed by atoms with van der Waals surface area (Å²) in [5.41, 5.74) is 5.14. The van der Waals surface area contributed by atoms with Crippen molar-refractivity contribution in [3.8, 4) is 11.5 Å². The molecule has 0 aliphatic heterocycles. The lowest BCUT2D eigenvalue weighted by Gasteiger charge is -2.29. The molecule has 3 nitrogen and oxygen atoms in total. The molecule has 0 bridgehead atoms. The molecule has 2 aromatic rings. The van der Waals surface area contributed by atoms with Crippen LogP contribution in [0, 0.1) is 0 Å². The zero-order valence-corrected chi connectivity index (χ0v) is 23.6. The van der Waals surface area contributed by atoms with Crippen molar-refractivity contribution in [1.82, 2.24) is 5.32 Å². The summed E-state index contributed by atoms with van der Waals surface area (Å²) in [6, 6.07) is 14.0. The molecule has 208 valence electrons. The van der Waals surface area contributed by atoms with Gasteiger partial charge in [-0.15, -0.1) is 0 Å². The number of aromatic hydroxyl groups is 2. The van der Waals surface area contributed by atoms with Gasteiger partial charge in [0.1, 0.15) is 11.5 Å². The Morgan fingerprint density at radius 2 is 1.00 bits per heavy atom. The Morgan fingerprint density at radius 1 is 0.579 bits per heavy atom. The number of nitrogens with one attached hydrogen (secondary N) is 1. The maximum Gasteiger partial charge on any atom is 0.119 e. The van der Waals surface area contributed by atoms with E-state index in [1.165, 1.54) is 119 Å². The lowest BCUT2D eigenvalue weighted by Crippen LogP contribution is -2.40. The molecule has 3 aliphatic rings. The van der Waals surface area contributed by atoms with Crippen molar-refractivity contribution in [3.05, 3.63) is 58.7 Å². The molecule has 0 aromatic heterocycles. The maximum atomic E-state index is 10.6. The van der Waals surface area contributed by atoms with Crippen LogP contribution in [0.4, 0.5) is 0 Å². The van der Waals surface area contributed by atoms with Gasteiger partial charge in [0.15, 0.2) is 0 Å². The maximum absolute atomic E-state index is 10.6. The van der Waals surface area contributed by atoms with Gasteiger partial charge in [-0.25, -0.2) is 0 Å². The van der Waals surface area contributed by atoms with E-state index in [2.05, 4.69) is 29.6 Å². The number of phenols is 2. The fraction of sp³-hybridized carbons (Fsp3) is 0.657. The molecule has 0 saturated heterocycles. The fourth-order valence-electron chi connectivity index (χ4n) is 7.60. The van der Waals surface area contributed by atoms with Crippen LogP contribution in [0.1, 0.15) is 143 Å². The highest BCUT2D eigenvalue weighted by molar-refractivity contribution is 5.40. The second kappa shape index (κ2) is 13.9. The summed E-state index contributed by atoms with van der Waals surface area (Å²) in [5, 5.41) is 25.3. The predicted octanol–water partition coefficient (Wildman–Crippen LogP) is 9.05. The lowest BCUT2D eigenvalue weighted by molar-refractivity contribution is 0.318. The van der Waals surface area contributed by atoms with Crippen molar-refractivity contribution in [2.24, 2.45) is 0 Å². The van der Waals surface area contributed by atoms with E-state index in [4.69, 9.17) is 0 Å². The number of phenolic OH excluding ortho intramolecular Hbond substituents is 2. The van der Waals surface area contributed by atoms with Gasteiger partial charge >= 0.3 is 0 Å². The van der Waals surface area contributed by atoms with Crippen molar-refractivity contribution < 1.29 is 10.2 Å². The largest absolute Gasteiger partial charge is 0.508 e. The highest BCUT2D eigenvalue weighted by atomic mass is 16.3. The summed E-state index contributed by atoms with van der Waals surface area (Å²) in [4.78, 5) is 0. The molecule has 0 spiro atoms. The van der Waals surface area contributed by atoms with Crippen LogP contribution in [0.25, 0.3) is 0 Å². The Hall–Kier alpha value is -2.00. The molecule has 0 heterocycles. The van der Waals surface area contributed by atoms with Gasteiger partial charge in [-0.2, -0.15) is 0 Å². The molecule has 3 saturated carbocycles. The highest BCUT2D eigenvalue weighted by Crippen LogP contribution is 2.39. The number of rotatable bonds is 10. The van der Waals surface area contributed by atoms with Gasteiger partial charge < -0.3 is 15.5 Å². The number of hydrogen-bond donors (Lipinski definition) is 3. The smallest absolute Gasteiger partial charge is 0.119 e. The number of aryl methyl sites for hydroxylation is 2. The summed E-state index contributed by atoms with van der Waals surface area (Å²) in [6.07, 6.45) is 23.9. The van der Waals surface area contributed by atoms with Gasteiger partial charge in [0.25, 0.3) is 0 Å². The lowest BCUT2D eigenvalue weighted by atomic mass is 9.82. The monoisotopic (exact) mass is 517 g/mol. The molecule has 3 N–H and O–H groups in total. The minimum absolute atomic E-state index is 0.497. The molecule has 3 fully saturated rings. The third-order valence-corrected chi connectivity index (χ3v) is 9.91. The topological polar surface area (TPSA) is 52.5 Å². The van der Waals surface area contributed by atoms with Crippen molar-refractivity contribution >= 4 is 0 Å². The Kier molecular flexibility index (Phi) is 10.1. The van der Waals surface area contributed by atoms with Gasteiger partial charge in [-0.05, 0) is 110 Å². The first-order valence-corrected chi connectivity index (χ1v) is 16.1. The second-order valence-electron chi connectivity index (χ2n) is 12.7. The van der Waals surface area contributed by atoms with Crippen LogP contribution < -0.4 is 5.32 Å². The van der Waals surface area contributed by atoms with Crippen molar-refractivity contribution in [2.45, 2.75) is 146 Å². The van der Waals surface area contributed by atoms with Crippen molar-refractivity contribution in [3.63, 3.8) is 0 Å². The number of hydrogen-bond acceptors (Lipinski definition) is 3. The van der Waals surface area contributed by atoms with E-state index in [-0.39, 0.29) is 0 Å². The van der Waals surface area contributed by atoms with E-state index in [1.807, 2.05) is 12.1 Å². The molecule has 5 rings (SSSR count). The van der Waals surface area contributed by atoms with Crippen LogP contribution in [0.15, 0.2) is 36.4 Å². The minimum atomic E-state index is 0.497. The predicted molar refractivity (Wildman–Crippen MR) is 158 cm³/mol. The van der Waals surface area contributed by atoms with Gasteiger partial charge in [-0.3, -0.25) is 0 Å². The summed E-state index contributed by atoms with van der Waals surface area (Å²) in [6.45, 7) is 0. The molecule has 0 amide bonds. The number of benzene rings is 2. The Morgan fingerprint density at radius 3 is 1.45 bits per heavy atom. The average molecular weight is 518 g/mol. The minimum Gasteiger partial charge on any atom is -0.508 e. The standard InChI is InChI=1S/C35H51NO2/c37-34-22-18-26(24-32(34)28-10-4-1-5-11-28)16-20-31(36-30-14-8-3-9-15-30)21-17-27-19-23-35(38)33(25-27)29-12-6-2-7-13-29/h18-19,22-25,28-31,36-38H,1-17,20-21H2. The quantitative estimate of drug-likeness (QED) is 0.295. The van der Waals surface area contributed by atoms with E-state index in [0.29, 0.717) is 35.4 Å². The van der Waals surface area contributed by atoms with E-state index < -0.39 is 0 Å². The summed E-state index contributed by atoms with van der Waals surface area (Å²) in [5.74, 6) is 2.07. The van der Waals surface area contributed by atoms with Gasteiger partial charge in [0, 0.05) is 12.1 Å². The molecule has 3 heteroatoms. The Labute approximate surface area is 231 Å². The molecule has 0 atom stereocenters. The molecule has 0 unspecified atom stereocenters. The first-order valence-electron chi connectivity index (χ1n) is 16.1. The molecular formula is C35H51NO2. The Balaban J connectivity index is 1.24. The average Bonchev–Trinajstić information content (AvgIpc) is 2.97. The zero-order valence-electron chi connectivity index (χ0n) is 23.6. The molecule has 3 aliphatic carbocycles. The first kappa shape index (κ1) is 27.6. The Bertz CT molecular complexity index is 927. The summed E-state index contributed by atoms with van der Waals surface area (Å²) < 4.78 is 0. The van der Waals surface area contributed by atoms with E-state index >= 15 is 0 Å². The van der Waals surface area contributed by atoms with E-state index in [1.54, 1.807) is 0 Å². The third kappa shape index (κ3) is 7.56. The molecule has 0 radical (unpaired) electrons. The van der Waals surface area contributed by atoms with Crippen LogP contribution in [-0.4, -0.2) is 22.3 Å². The van der Waals surface area contributed by atoms with Crippen LogP contribution in [0.2, 0.25) is 0 Å². The normalized spacial score (nSPS) is 20.2. The third-order valence-electron chi connectivity index (χ3n) is 9.91. The van der Waals surface area contributed by atoms with Gasteiger partial charge in [-0.1, -0.05) is 82.1 Å². The zero-order chi connectivity index (χ0) is 26.2. The molecular weight excluding hydrogens is 466 g/mol. The van der Waals surface area contributed by atoms with Crippen molar-refractivity contribution in [1.29, 1.82) is 0 Å². The van der Waals surface area contributed by atoms with Crippen molar-refractivity contribution in [2.75, 3.05) is 0 Å². The van der Waals surface area contributed by atoms with Gasteiger partial charge in [0.2, 0.25) is 0 Å². The van der Waals surface area contributed by atoms with Crippen LogP contribution in [-0.2, 0) is 12.8 Å². The SMILES string of the molecule is Oc1ccc(CCC(CCc2ccc(O)c(C3CCCCC3)c2)NC2CCCCC2)cc1C1CCCCC1. The van der Waals surface area contributed by atoms with Crippen LogP contribution >= 0.6 is 0 Å². The van der Waals surface area contributed by atoms with Crippen LogP contribution in [0.3, 0.4) is 0 Å². The van der Waals surface area contributed by atoms with Crippen LogP contribution in [0.5, 0.6) is 11.5 Å². The first-order chi connectivity index (χ1) is 18.7. The van der Waals surface area contributed by atoms with E-state index in [0.717, 1.165) is 25.7 Å². The molecule has 2 aromatic carbocycles. The van der Waals surface area contributed by atoms with E-state index in [9.17, 15) is 10.2 Å².